The molecule has 8 nitrogen and oxygen atoms in total. The largest absolute Gasteiger partial charge is 0.462 e. The van der Waals surface area contributed by atoms with Gasteiger partial charge in [0.15, 0.2) is 17.1 Å². The van der Waals surface area contributed by atoms with Gasteiger partial charge in [-0.15, -0.1) is 0 Å². The number of aliphatic hydroxyl groups is 1. The van der Waals surface area contributed by atoms with E-state index < -0.39 is 40.8 Å². The summed E-state index contributed by atoms with van der Waals surface area (Å²) in [5.74, 6) is -1.33. The van der Waals surface area contributed by atoms with Crippen molar-refractivity contribution in [2.75, 3.05) is 11.9 Å². The predicted molar refractivity (Wildman–Crippen MR) is 150 cm³/mol. The van der Waals surface area contributed by atoms with Crippen molar-refractivity contribution in [1.29, 1.82) is 0 Å². The highest BCUT2D eigenvalue weighted by atomic mass is 19.1. The molecule has 0 spiro atoms. The van der Waals surface area contributed by atoms with E-state index in [0.29, 0.717) is 30.6 Å². The number of esters is 1. The van der Waals surface area contributed by atoms with Crippen molar-refractivity contribution in [3.8, 4) is 0 Å². The molecular weight excluding hydrogens is 539 g/mol. The second-order valence-electron chi connectivity index (χ2n) is 11.9. The Kier molecular flexibility index (Phi) is 6.12. The van der Waals surface area contributed by atoms with Crippen LogP contribution in [-0.2, 0) is 35.1 Å². The Morgan fingerprint density at radius 2 is 1.67 bits per heavy atom. The standard InChI is InChI=1S/C33H33FN2O6/c1-21(2)32-31(42-32,29(39)35-25-11-7-4-8-12-25)30(22-9-5-3-6-10-22)33(41-30,23-13-15-24(34)16-14-23)36(32)18-17-27-19-26(37)20-28(38)40-27/h3-16,21,26-27,37H,17-20H2,1-2H3,(H,35,39)/t26-,27-,30?,31?,32?,33?/m1/s1. The maximum absolute atomic E-state index is 14.6. The summed E-state index contributed by atoms with van der Waals surface area (Å²) in [5, 5.41) is 13.3. The van der Waals surface area contributed by atoms with Crippen molar-refractivity contribution in [3.05, 3.63) is 102 Å². The number of cyclic esters (lactones) is 1. The number of amides is 1. The topological polar surface area (TPSA) is 104 Å². The van der Waals surface area contributed by atoms with Crippen LogP contribution in [0.15, 0.2) is 84.9 Å². The van der Waals surface area contributed by atoms with Crippen LogP contribution in [0.3, 0.4) is 0 Å². The average molecular weight is 573 g/mol. The first-order valence-electron chi connectivity index (χ1n) is 14.4. The number of carbonyl (C=O) groups is 2. The zero-order valence-corrected chi connectivity index (χ0v) is 23.5. The highest BCUT2D eigenvalue weighted by molar-refractivity contribution is 6.03. The van der Waals surface area contributed by atoms with Crippen molar-refractivity contribution >= 4 is 17.6 Å². The summed E-state index contributed by atoms with van der Waals surface area (Å²) >= 11 is 0. The molecule has 9 heteroatoms. The number of aliphatic hydroxyl groups excluding tert-OH is 1. The predicted octanol–water partition coefficient (Wildman–Crippen LogP) is 4.44. The number of benzene rings is 3. The second-order valence-corrected chi connectivity index (χ2v) is 11.9. The van der Waals surface area contributed by atoms with Gasteiger partial charge in [-0.25, -0.2) is 9.29 Å². The average Bonchev–Trinajstić information content (AvgIpc) is 3.86. The molecule has 4 heterocycles. The lowest BCUT2D eigenvalue weighted by Crippen LogP contribution is -2.52. The van der Waals surface area contributed by atoms with Gasteiger partial charge in [-0.3, -0.25) is 9.59 Å². The van der Waals surface area contributed by atoms with Gasteiger partial charge < -0.3 is 24.6 Å². The fourth-order valence-corrected chi connectivity index (χ4v) is 7.57. The molecule has 0 saturated carbocycles. The summed E-state index contributed by atoms with van der Waals surface area (Å²) in [6.07, 6.45) is -0.597. The molecule has 4 fully saturated rings. The Morgan fingerprint density at radius 1 is 1.00 bits per heavy atom. The molecule has 0 aromatic heterocycles. The number of halogens is 1. The third kappa shape index (κ3) is 3.48. The van der Waals surface area contributed by atoms with E-state index in [1.165, 1.54) is 12.1 Å². The highest BCUT2D eigenvalue weighted by Gasteiger charge is 3.06. The molecule has 0 aliphatic carbocycles. The van der Waals surface area contributed by atoms with Crippen LogP contribution in [0.5, 0.6) is 0 Å². The van der Waals surface area contributed by atoms with Gasteiger partial charge in [-0.05, 0) is 42.2 Å². The van der Waals surface area contributed by atoms with E-state index in [2.05, 4.69) is 10.2 Å². The van der Waals surface area contributed by atoms with Crippen LogP contribution in [0.2, 0.25) is 0 Å². The number of hydrogen-bond donors (Lipinski definition) is 2. The van der Waals surface area contributed by atoms with Gasteiger partial charge in [0.25, 0.3) is 5.91 Å². The molecule has 4 unspecified atom stereocenters. The summed E-state index contributed by atoms with van der Waals surface area (Å²) in [5.41, 5.74) is -2.89. The Morgan fingerprint density at radius 3 is 2.31 bits per heavy atom. The highest BCUT2D eigenvalue weighted by Crippen LogP contribution is 2.86. The quantitative estimate of drug-likeness (QED) is 0.304. The van der Waals surface area contributed by atoms with Gasteiger partial charge in [0, 0.05) is 24.2 Å². The van der Waals surface area contributed by atoms with Crippen molar-refractivity contribution in [1.82, 2.24) is 4.90 Å². The Balaban J connectivity index is 1.39. The monoisotopic (exact) mass is 572 g/mol. The first-order chi connectivity index (χ1) is 20.2. The van der Waals surface area contributed by atoms with Crippen molar-refractivity contribution < 1.29 is 33.3 Å². The Hall–Kier alpha value is -3.63. The fraction of sp³-hybridized carbons (Fsp3) is 0.394. The molecule has 7 rings (SSSR count). The second kappa shape index (κ2) is 9.44. The van der Waals surface area contributed by atoms with Gasteiger partial charge >= 0.3 is 5.97 Å². The lowest BCUT2D eigenvalue weighted by molar-refractivity contribution is -0.161. The molecule has 6 atom stereocenters. The van der Waals surface area contributed by atoms with E-state index in [9.17, 15) is 19.1 Å². The minimum atomic E-state index is -1.46. The Labute approximate surface area is 243 Å². The Bertz CT molecular complexity index is 1520. The number of ether oxygens (including phenoxy) is 3. The molecular formula is C33H33FN2O6. The normalized spacial score (nSPS) is 34.8. The van der Waals surface area contributed by atoms with Crippen LogP contribution >= 0.6 is 0 Å². The smallest absolute Gasteiger partial charge is 0.308 e. The van der Waals surface area contributed by atoms with E-state index in [4.69, 9.17) is 14.2 Å². The van der Waals surface area contributed by atoms with Crippen LogP contribution in [0.25, 0.3) is 0 Å². The number of nitrogens with one attached hydrogen (secondary N) is 1. The van der Waals surface area contributed by atoms with Crippen LogP contribution < -0.4 is 5.32 Å². The lowest BCUT2D eigenvalue weighted by Gasteiger charge is -2.36. The molecule has 1 amide bonds. The van der Waals surface area contributed by atoms with E-state index in [-0.39, 0.29) is 24.1 Å². The third-order valence-corrected chi connectivity index (χ3v) is 9.24. The van der Waals surface area contributed by atoms with Crippen molar-refractivity contribution in [3.63, 3.8) is 0 Å². The van der Waals surface area contributed by atoms with E-state index in [0.717, 1.165) is 5.56 Å². The van der Waals surface area contributed by atoms with E-state index in [1.807, 2.05) is 74.5 Å². The number of rotatable bonds is 8. The zero-order chi connectivity index (χ0) is 29.3. The number of carbonyl (C=O) groups excluding carboxylic acids is 2. The number of hydrogen-bond acceptors (Lipinski definition) is 7. The summed E-state index contributed by atoms with van der Waals surface area (Å²) in [6, 6.07) is 24.9. The fourth-order valence-electron chi connectivity index (χ4n) is 7.57. The molecule has 218 valence electrons. The maximum atomic E-state index is 14.6. The number of anilines is 1. The molecule has 42 heavy (non-hydrogen) atoms. The van der Waals surface area contributed by atoms with Crippen LogP contribution in [0.1, 0.15) is 44.2 Å². The minimum Gasteiger partial charge on any atom is -0.462 e. The molecule has 2 N–H and O–H groups in total. The molecule has 4 aliphatic rings. The number of epoxide rings is 2. The van der Waals surface area contributed by atoms with Crippen LogP contribution in [0.4, 0.5) is 10.1 Å². The number of nitrogens with zero attached hydrogens (tertiary/aromatic N) is 1. The lowest BCUT2D eigenvalue weighted by atomic mass is 9.76. The van der Waals surface area contributed by atoms with Crippen LogP contribution in [0, 0.1) is 11.7 Å². The number of para-hydroxylation sites is 1. The van der Waals surface area contributed by atoms with Gasteiger partial charge in [0.05, 0.1) is 12.5 Å². The van der Waals surface area contributed by atoms with Gasteiger partial charge in [0.2, 0.25) is 5.60 Å². The molecule has 0 radical (unpaired) electrons. The zero-order valence-electron chi connectivity index (χ0n) is 23.5. The van der Waals surface area contributed by atoms with E-state index >= 15 is 0 Å². The summed E-state index contributed by atoms with van der Waals surface area (Å²) in [7, 11) is 0. The van der Waals surface area contributed by atoms with Crippen molar-refractivity contribution in [2.45, 2.75) is 68.0 Å². The van der Waals surface area contributed by atoms with Crippen molar-refractivity contribution in [2.24, 2.45) is 5.92 Å². The molecule has 3 aromatic rings. The first-order valence-corrected chi connectivity index (χ1v) is 14.4. The minimum absolute atomic E-state index is 0.0260. The van der Waals surface area contributed by atoms with Gasteiger partial charge in [0.1, 0.15) is 11.9 Å². The molecule has 0 bridgehead atoms. The maximum Gasteiger partial charge on any atom is 0.308 e. The molecule has 4 saturated heterocycles. The number of fused-ring (bicyclic) bond motifs is 3. The summed E-state index contributed by atoms with van der Waals surface area (Å²) < 4.78 is 33.4. The number of likely N-dealkylation sites (tertiary alicyclic amines) is 1. The van der Waals surface area contributed by atoms with E-state index in [1.54, 1.807) is 12.1 Å². The molecule has 3 aromatic carbocycles. The van der Waals surface area contributed by atoms with Gasteiger partial charge in [-0.1, -0.05) is 74.5 Å². The SMILES string of the molecule is CC(C)C12OC1(C(=O)Nc1ccccc1)C1(c3ccccc3)OC1(c1ccc(F)cc1)N2CC[C@@H]1C[C@@H](O)CC(=O)O1. The summed E-state index contributed by atoms with van der Waals surface area (Å²) in [4.78, 5) is 28.8. The van der Waals surface area contributed by atoms with Crippen LogP contribution in [-0.4, -0.2) is 52.0 Å². The first kappa shape index (κ1) is 27.2. The van der Waals surface area contributed by atoms with Gasteiger partial charge in [-0.2, -0.15) is 0 Å². The summed E-state index contributed by atoms with van der Waals surface area (Å²) in [6.45, 7) is 4.35. The third-order valence-electron chi connectivity index (χ3n) is 9.24. The molecule has 4 aliphatic heterocycles.